The Morgan fingerprint density at radius 1 is 1.45 bits per heavy atom. The van der Waals surface area contributed by atoms with Gasteiger partial charge in [0.05, 0.1) is 17.9 Å². The average Bonchev–Trinajstić information content (AvgIpc) is 2.73. The monoisotopic (exact) mass is 301 g/mol. The maximum atomic E-state index is 11.2. The molecule has 118 valence electrons. The molecule has 1 atom stereocenters. The van der Waals surface area contributed by atoms with Crippen LogP contribution in [0, 0.1) is 6.92 Å². The zero-order valence-corrected chi connectivity index (χ0v) is 13.5. The Bertz CT molecular complexity index is 723. The highest BCUT2D eigenvalue weighted by Crippen LogP contribution is 2.33. The van der Waals surface area contributed by atoms with Crippen LogP contribution in [-0.4, -0.2) is 45.2 Å². The maximum Gasteiger partial charge on any atom is 0.231 e. The second-order valence-corrected chi connectivity index (χ2v) is 6.62. The molecule has 6 nitrogen and oxygen atoms in total. The molecular formula is C16H23N5O. The summed E-state index contributed by atoms with van der Waals surface area (Å²) in [5, 5.41) is 5.53. The van der Waals surface area contributed by atoms with Crippen molar-refractivity contribution in [3.05, 3.63) is 23.5 Å². The molecule has 0 bridgehead atoms. The Hall–Kier alpha value is -1.95. The lowest BCUT2D eigenvalue weighted by Gasteiger charge is -2.39. The van der Waals surface area contributed by atoms with Crippen molar-refractivity contribution in [2.45, 2.75) is 32.1 Å². The van der Waals surface area contributed by atoms with Crippen molar-refractivity contribution in [1.29, 1.82) is 0 Å². The molecule has 22 heavy (non-hydrogen) atoms. The van der Waals surface area contributed by atoms with Crippen LogP contribution in [0.5, 0.6) is 0 Å². The predicted molar refractivity (Wildman–Crippen MR) is 85.5 cm³/mol. The van der Waals surface area contributed by atoms with E-state index >= 15 is 0 Å². The minimum atomic E-state index is -0.269. The summed E-state index contributed by atoms with van der Waals surface area (Å²) in [7, 11) is 1.93. The molecule has 0 saturated carbocycles. The van der Waals surface area contributed by atoms with Gasteiger partial charge in [-0.05, 0) is 38.4 Å². The van der Waals surface area contributed by atoms with Crippen LogP contribution in [0.25, 0.3) is 11.0 Å². The van der Waals surface area contributed by atoms with E-state index in [0.717, 1.165) is 48.4 Å². The van der Waals surface area contributed by atoms with Crippen molar-refractivity contribution < 1.29 is 4.79 Å². The summed E-state index contributed by atoms with van der Waals surface area (Å²) in [4.78, 5) is 18.2. The molecular weight excluding hydrogens is 278 g/mol. The zero-order chi connectivity index (χ0) is 15.9. The maximum absolute atomic E-state index is 11.2. The Morgan fingerprint density at radius 3 is 2.95 bits per heavy atom. The highest BCUT2D eigenvalue weighted by Gasteiger charge is 2.34. The van der Waals surface area contributed by atoms with Crippen molar-refractivity contribution in [2.24, 2.45) is 12.8 Å². The van der Waals surface area contributed by atoms with E-state index in [1.54, 1.807) is 0 Å². The average molecular weight is 301 g/mol. The van der Waals surface area contributed by atoms with E-state index in [0.29, 0.717) is 6.54 Å². The van der Waals surface area contributed by atoms with Gasteiger partial charge in [0.2, 0.25) is 5.91 Å². The summed E-state index contributed by atoms with van der Waals surface area (Å²) in [6.45, 7) is 6.28. The summed E-state index contributed by atoms with van der Waals surface area (Å²) in [6, 6.07) is 4.21. The highest BCUT2D eigenvalue weighted by molar-refractivity contribution is 5.78. The second-order valence-electron chi connectivity index (χ2n) is 6.62. The van der Waals surface area contributed by atoms with Gasteiger partial charge in [0.25, 0.3) is 0 Å². The van der Waals surface area contributed by atoms with E-state index in [-0.39, 0.29) is 11.3 Å². The molecule has 3 rings (SSSR count). The van der Waals surface area contributed by atoms with Gasteiger partial charge in [-0.25, -0.2) is 4.98 Å². The van der Waals surface area contributed by atoms with Crippen LogP contribution < -0.4 is 5.73 Å². The molecule has 1 saturated heterocycles. The normalized spacial score (nSPS) is 23.0. The summed E-state index contributed by atoms with van der Waals surface area (Å²) in [6.07, 6.45) is 2.12. The molecule has 1 aliphatic rings. The number of carbonyl (C=O) groups is 1. The Balaban J connectivity index is 1.94. The second kappa shape index (κ2) is 5.35. The van der Waals surface area contributed by atoms with Gasteiger partial charge < -0.3 is 5.73 Å². The Morgan fingerprint density at radius 2 is 2.23 bits per heavy atom. The number of likely N-dealkylation sites (tertiary alicyclic amines) is 1. The van der Waals surface area contributed by atoms with Gasteiger partial charge >= 0.3 is 0 Å². The van der Waals surface area contributed by atoms with Crippen molar-refractivity contribution in [3.8, 4) is 0 Å². The van der Waals surface area contributed by atoms with Crippen LogP contribution >= 0.6 is 0 Å². The van der Waals surface area contributed by atoms with Gasteiger partial charge in [-0.15, -0.1) is 0 Å². The third-order valence-corrected chi connectivity index (χ3v) is 4.64. The topological polar surface area (TPSA) is 77.0 Å². The van der Waals surface area contributed by atoms with E-state index in [4.69, 9.17) is 10.7 Å². The van der Waals surface area contributed by atoms with Crippen LogP contribution in [0.15, 0.2) is 12.1 Å². The predicted octanol–water partition coefficient (Wildman–Crippen LogP) is 1.12. The number of primary amides is 1. The smallest absolute Gasteiger partial charge is 0.231 e. The number of fused-ring (bicyclic) bond motifs is 1. The number of rotatable bonds is 3. The summed E-state index contributed by atoms with van der Waals surface area (Å²) in [5.74, 6) is -0.269. The summed E-state index contributed by atoms with van der Waals surface area (Å²) in [5.41, 5.74) is 8.27. The molecule has 2 aromatic heterocycles. The fraction of sp³-hybridized carbons (Fsp3) is 0.562. The number of amides is 1. The quantitative estimate of drug-likeness (QED) is 0.921. The molecule has 1 amide bonds. The minimum Gasteiger partial charge on any atom is -0.369 e. The van der Waals surface area contributed by atoms with E-state index in [1.807, 2.05) is 18.7 Å². The van der Waals surface area contributed by atoms with Gasteiger partial charge in [-0.2, -0.15) is 5.10 Å². The fourth-order valence-electron chi connectivity index (χ4n) is 3.55. The van der Waals surface area contributed by atoms with E-state index < -0.39 is 0 Å². The van der Waals surface area contributed by atoms with Crippen LogP contribution in [0.4, 0.5) is 0 Å². The fourth-order valence-corrected chi connectivity index (χ4v) is 3.55. The first-order valence-corrected chi connectivity index (χ1v) is 7.70. The van der Waals surface area contributed by atoms with Crippen LogP contribution in [0.3, 0.4) is 0 Å². The lowest BCUT2D eigenvalue weighted by atomic mass is 9.78. The molecule has 2 N–H and O–H groups in total. The number of nitrogens with zero attached hydrogens (tertiary/aromatic N) is 4. The molecule has 3 heterocycles. The summed E-state index contributed by atoms with van der Waals surface area (Å²) < 4.78 is 1.83. The first-order chi connectivity index (χ1) is 10.4. The van der Waals surface area contributed by atoms with Crippen molar-refractivity contribution >= 4 is 16.9 Å². The number of hydrogen-bond acceptors (Lipinski definition) is 4. The van der Waals surface area contributed by atoms with Crippen molar-refractivity contribution in [3.63, 3.8) is 0 Å². The molecule has 6 heteroatoms. The van der Waals surface area contributed by atoms with Gasteiger partial charge in [-0.1, -0.05) is 6.92 Å². The standard InChI is InChI=1S/C16H23N5O/c1-11-12-5-6-13(18-15(12)20(3)19-11)16(2)7-4-8-21(10-16)9-14(17)22/h5-6H,4,7-10H2,1-3H3,(H2,17,22)/t16-/m0/s1. The highest BCUT2D eigenvalue weighted by atomic mass is 16.1. The molecule has 0 unspecified atom stereocenters. The lowest BCUT2D eigenvalue weighted by molar-refractivity contribution is -0.119. The largest absolute Gasteiger partial charge is 0.369 e. The Labute approximate surface area is 130 Å². The molecule has 1 aliphatic heterocycles. The van der Waals surface area contributed by atoms with Crippen molar-refractivity contribution in [2.75, 3.05) is 19.6 Å². The number of piperidine rings is 1. The van der Waals surface area contributed by atoms with E-state index in [9.17, 15) is 4.79 Å². The first kappa shape index (κ1) is 15.0. The molecule has 0 spiro atoms. The molecule has 0 radical (unpaired) electrons. The van der Waals surface area contributed by atoms with Gasteiger partial charge in [0, 0.05) is 24.4 Å². The molecule has 0 aromatic carbocycles. The minimum absolute atomic E-state index is 0.0555. The number of nitrogens with two attached hydrogens (primary N) is 1. The van der Waals surface area contributed by atoms with Crippen LogP contribution in [-0.2, 0) is 17.3 Å². The van der Waals surface area contributed by atoms with Gasteiger partial charge in [0.15, 0.2) is 5.65 Å². The number of aromatic nitrogens is 3. The molecule has 1 fully saturated rings. The number of aryl methyl sites for hydroxylation is 2. The van der Waals surface area contributed by atoms with Crippen LogP contribution in [0.2, 0.25) is 0 Å². The third-order valence-electron chi connectivity index (χ3n) is 4.64. The lowest BCUT2D eigenvalue weighted by Crippen LogP contribution is -2.47. The summed E-state index contributed by atoms with van der Waals surface area (Å²) >= 11 is 0. The zero-order valence-electron chi connectivity index (χ0n) is 13.5. The first-order valence-electron chi connectivity index (χ1n) is 7.70. The van der Waals surface area contributed by atoms with Crippen LogP contribution in [0.1, 0.15) is 31.2 Å². The number of hydrogen-bond donors (Lipinski definition) is 1. The molecule has 2 aromatic rings. The van der Waals surface area contributed by atoms with E-state index in [2.05, 4.69) is 29.1 Å². The number of carbonyl (C=O) groups excluding carboxylic acids is 1. The van der Waals surface area contributed by atoms with Gasteiger partial charge in [0.1, 0.15) is 0 Å². The third kappa shape index (κ3) is 2.59. The van der Waals surface area contributed by atoms with Crippen molar-refractivity contribution in [1.82, 2.24) is 19.7 Å². The SMILES string of the molecule is Cc1nn(C)c2nc([C@@]3(C)CCCN(CC(N)=O)C3)ccc12. The molecule has 0 aliphatic carbocycles. The van der Waals surface area contributed by atoms with E-state index in [1.165, 1.54) is 0 Å². The Kier molecular flexibility index (Phi) is 3.64. The van der Waals surface area contributed by atoms with Gasteiger partial charge in [-0.3, -0.25) is 14.4 Å². The number of pyridine rings is 1.